The molecule has 1 nitrogen and oxygen atoms in total. The van der Waals surface area contributed by atoms with Crippen LogP contribution in [0.5, 0.6) is 0 Å². The Labute approximate surface area is 87.3 Å². The van der Waals surface area contributed by atoms with Crippen molar-refractivity contribution in [3.8, 4) is 0 Å². The first-order valence-electron chi connectivity index (χ1n) is 5.24. The molecule has 2 aliphatic rings. The Hall–Kier alpha value is -0.670. The highest BCUT2D eigenvalue weighted by atomic mass is 19.4. The van der Waals surface area contributed by atoms with Crippen LogP contribution >= 0.6 is 0 Å². The van der Waals surface area contributed by atoms with E-state index in [1.54, 1.807) is 6.92 Å². The molecule has 2 rings (SSSR count). The van der Waals surface area contributed by atoms with Gasteiger partial charge in [-0.3, -0.25) is 0 Å². The average Bonchev–Trinajstić information content (AvgIpc) is 2.58. The van der Waals surface area contributed by atoms with Crippen LogP contribution in [0.1, 0.15) is 33.6 Å². The van der Waals surface area contributed by atoms with E-state index in [2.05, 4.69) is 4.74 Å². The number of alkyl halides is 3. The summed E-state index contributed by atoms with van der Waals surface area (Å²) in [6.45, 7) is 5.79. The van der Waals surface area contributed by atoms with Gasteiger partial charge in [0.05, 0.1) is 0 Å². The molecule has 0 aromatic rings. The Morgan fingerprint density at radius 1 is 1.27 bits per heavy atom. The Bertz CT molecular complexity index is 314. The molecule has 2 aliphatic carbocycles. The number of halogens is 3. The summed E-state index contributed by atoms with van der Waals surface area (Å²) in [5.41, 5.74) is 0.810. The fourth-order valence-corrected chi connectivity index (χ4v) is 2.73. The number of hydrogen-bond acceptors (Lipinski definition) is 1. The maximum atomic E-state index is 12.2. The van der Waals surface area contributed by atoms with Crippen molar-refractivity contribution in [1.82, 2.24) is 0 Å². The SMILES string of the molecule is CC1CCC2C(=C1OC(F)(F)F)C2(C)C. The molecule has 0 radical (unpaired) electrons. The Morgan fingerprint density at radius 3 is 2.40 bits per heavy atom. The lowest BCUT2D eigenvalue weighted by Crippen LogP contribution is -2.18. The summed E-state index contributed by atoms with van der Waals surface area (Å²) in [5, 5.41) is 0. The van der Waals surface area contributed by atoms with Gasteiger partial charge < -0.3 is 4.74 Å². The zero-order valence-corrected chi connectivity index (χ0v) is 9.11. The highest BCUT2D eigenvalue weighted by molar-refractivity contribution is 5.41. The summed E-state index contributed by atoms with van der Waals surface area (Å²) in [6.07, 6.45) is -2.76. The minimum Gasteiger partial charge on any atom is -0.410 e. The van der Waals surface area contributed by atoms with Crippen molar-refractivity contribution >= 4 is 0 Å². The van der Waals surface area contributed by atoms with Gasteiger partial charge in [-0.25, -0.2) is 0 Å². The molecule has 0 aromatic carbocycles. The fourth-order valence-electron chi connectivity index (χ4n) is 2.73. The summed E-state index contributed by atoms with van der Waals surface area (Å²) in [5.74, 6) is 0.398. The van der Waals surface area contributed by atoms with Crippen LogP contribution in [-0.4, -0.2) is 6.36 Å². The topological polar surface area (TPSA) is 9.23 Å². The first-order valence-corrected chi connectivity index (χ1v) is 5.24. The van der Waals surface area contributed by atoms with Gasteiger partial charge in [-0.1, -0.05) is 20.8 Å². The average molecular weight is 220 g/mol. The number of allylic oxidation sites excluding steroid dienone is 2. The lowest BCUT2D eigenvalue weighted by Gasteiger charge is -2.21. The second kappa shape index (κ2) is 2.92. The molecule has 0 amide bonds. The summed E-state index contributed by atoms with van der Waals surface area (Å²) in [4.78, 5) is 0. The molecule has 15 heavy (non-hydrogen) atoms. The van der Waals surface area contributed by atoms with Crippen LogP contribution in [0.4, 0.5) is 13.2 Å². The van der Waals surface area contributed by atoms with Crippen LogP contribution in [0.2, 0.25) is 0 Å². The monoisotopic (exact) mass is 220 g/mol. The first kappa shape index (κ1) is 10.8. The lowest BCUT2D eigenvalue weighted by atomic mass is 9.95. The van der Waals surface area contributed by atoms with E-state index in [1.807, 2.05) is 13.8 Å². The van der Waals surface area contributed by atoms with Gasteiger partial charge in [0.1, 0.15) is 5.76 Å². The van der Waals surface area contributed by atoms with Gasteiger partial charge in [0.25, 0.3) is 0 Å². The molecule has 2 unspecified atom stereocenters. The third-order valence-electron chi connectivity index (χ3n) is 3.66. The molecule has 0 N–H and O–H groups in total. The van der Waals surface area contributed by atoms with Gasteiger partial charge in [0.2, 0.25) is 0 Å². The molecule has 0 aromatic heterocycles. The normalized spacial score (nSPS) is 33.7. The van der Waals surface area contributed by atoms with Crippen molar-refractivity contribution < 1.29 is 17.9 Å². The number of hydrogen-bond donors (Lipinski definition) is 0. The van der Waals surface area contributed by atoms with Gasteiger partial charge in [-0.2, -0.15) is 0 Å². The van der Waals surface area contributed by atoms with E-state index in [-0.39, 0.29) is 17.1 Å². The predicted molar refractivity (Wildman–Crippen MR) is 49.8 cm³/mol. The summed E-state index contributed by atoms with van der Waals surface area (Å²) >= 11 is 0. The minimum absolute atomic E-state index is 0.0780. The second-order valence-electron chi connectivity index (χ2n) is 5.08. The second-order valence-corrected chi connectivity index (χ2v) is 5.08. The van der Waals surface area contributed by atoms with E-state index < -0.39 is 6.36 Å². The van der Waals surface area contributed by atoms with Crippen LogP contribution in [0.25, 0.3) is 0 Å². The molecule has 86 valence electrons. The molecule has 2 atom stereocenters. The third-order valence-corrected chi connectivity index (χ3v) is 3.66. The maximum absolute atomic E-state index is 12.2. The van der Waals surface area contributed by atoms with Crippen LogP contribution < -0.4 is 0 Å². The number of rotatable bonds is 1. The van der Waals surface area contributed by atoms with Crippen LogP contribution in [-0.2, 0) is 4.74 Å². The molecular weight excluding hydrogens is 205 g/mol. The van der Waals surface area contributed by atoms with Crippen molar-refractivity contribution in [3.63, 3.8) is 0 Å². The van der Waals surface area contributed by atoms with Crippen LogP contribution in [0.15, 0.2) is 11.3 Å². The van der Waals surface area contributed by atoms with Crippen molar-refractivity contribution in [3.05, 3.63) is 11.3 Å². The minimum atomic E-state index is -4.54. The molecule has 0 saturated heterocycles. The molecule has 0 aliphatic heterocycles. The zero-order chi connectivity index (χ0) is 11.4. The highest BCUT2D eigenvalue weighted by Gasteiger charge is 2.57. The summed E-state index contributed by atoms with van der Waals surface area (Å²) in [6, 6.07) is 0. The van der Waals surface area contributed by atoms with Gasteiger partial charge in [0, 0.05) is 5.92 Å². The number of fused-ring (bicyclic) bond motifs is 1. The van der Waals surface area contributed by atoms with Gasteiger partial charge >= 0.3 is 6.36 Å². The number of ether oxygens (including phenoxy) is 1. The standard InChI is InChI=1S/C11H15F3O/c1-6-4-5-7-8(10(7,2)3)9(6)15-11(12,13)14/h6-7H,4-5H2,1-3H3. The van der Waals surface area contributed by atoms with E-state index in [9.17, 15) is 13.2 Å². The van der Waals surface area contributed by atoms with Crippen LogP contribution in [0, 0.1) is 17.3 Å². The lowest BCUT2D eigenvalue weighted by molar-refractivity contribution is -0.309. The van der Waals surface area contributed by atoms with E-state index in [4.69, 9.17) is 0 Å². The molecule has 4 heteroatoms. The smallest absolute Gasteiger partial charge is 0.410 e. The van der Waals surface area contributed by atoms with Gasteiger partial charge in [0.15, 0.2) is 0 Å². The zero-order valence-electron chi connectivity index (χ0n) is 9.11. The molecular formula is C11H15F3O. The Kier molecular flexibility index (Phi) is 2.11. The molecule has 0 heterocycles. The van der Waals surface area contributed by atoms with Gasteiger partial charge in [-0.15, -0.1) is 13.2 Å². The molecule has 1 fully saturated rings. The van der Waals surface area contributed by atoms with Crippen LogP contribution in [0.3, 0.4) is 0 Å². The molecule has 1 saturated carbocycles. The maximum Gasteiger partial charge on any atom is 0.572 e. The van der Waals surface area contributed by atoms with Crippen molar-refractivity contribution in [2.45, 2.75) is 40.0 Å². The quantitative estimate of drug-likeness (QED) is 0.652. The van der Waals surface area contributed by atoms with Crippen molar-refractivity contribution in [2.75, 3.05) is 0 Å². The van der Waals surface area contributed by atoms with Crippen molar-refractivity contribution in [2.24, 2.45) is 17.3 Å². The van der Waals surface area contributed by atoms with Crippen molar-refractivity contribution in [1.29, 1.82) is 0 Å². The fraction of sp³-hybridized carbons (Fsp3) is 0.818. The predicted octanol–water partition coefficient (Wildman–Crippen LogP) is 3.86. The van der Waals surface area contributed by atoms with E-state index in [0.29, 0.717) is 5.92 Å². The van der Waals surface area contributed by atoms with E-state index in [0.717, 1.165) is 18.4 Å². The first-order chi connectivity index (χ1) is 6.73. The molecule has 0 bridgehead atoms. The third kappa shape index (κ3) is 1.74. The molecule has 0 spiro atoms. The Morgan fingerprint density at radius 2 is 1.87 bits per heavy atom. The largest absolute Gasteiger partial charge is 0.572 e. The summed E-state index contributed by atoms with van der Waals surface area (Å²) in [7, 11) is 0. The van der Waals surface area contributed by atoms with E-state index >= 15 is 0 Å². The Balaban J connectivity index is 2.27. The summed E-state index contributed by atoms with van der Waals surface area (Å²) < 4.78 is 40.8. The highest BCUT2D eigenvalue weighted by Crippen LogP contribution is 2.65. The van der Waals surface area contributed by atoms with Gasteiger partial charge in [-0.05, 0) is 29.7 Å². The van der Waals surface area contributed by atoms with E-state index in [1.165, 1.54) is 0 Å².